The lowest BCUT2D eigenvalue weighted by Gasteiger charge is -2.22. The first-order valence-corrected chi connectivity index (χ1v) is 7.97. The van der Waals surface area contributed by atoms with Gasteiger partial charge in [0, 0.05) is 6.04 Å². The first kappa shape index (κ1) is 13.7. The van der Waals surface area contributed by atoms with E-state index in [1.54, 1.807) is 24.4 Å². The van der Waals surface area contributed by atoms with E-state index >= 15 is 0 Å². The summed E-state index contributed by atoms with van der Waals surface area (Å²) in [5.41, 5.74) is 0. The highest BCUT2D eigenvalue weighted by molar-refractivity contribution is 7.94. The van der Waals surface area contributed by atoms with Crippen LogP contribution in [0.15, 0.2) is 21.7 Å². The lowest BCUT2D eigenvalue weighted by Crippen LogP contribution is -2.41. The van der Waals surface area contributed by atoms with E-state index in [9.17, 15) is 8.42 Å². The smallest absolute Gasteiger partial charge is 0.191 e. The summed E-state index contributed by atoms with van der Waals surface area (Å²) in [7, 11) is -3.17. The van der Waals surface area contributed by atoms with Crippen LogP contribution in [0.2, 0.25) is 0 Å². The monoisotopic (exact) mass is 261 g/mol. The van der Waals surface area contributed by atoms with Crippen LogP contribution in [0.25, 0.3) is 0 Å². The van der Waals surface area contributed by atoms with Crippen molar-refractivity contribution in [1.29, 1.82) is 0 Å². The molecule has 0 radical (unpaired) electrons. The van der Waals surface area contributed by atoms with Crippen LogP contribution in [-0.4, -0.2) is 26.3 Å². The third-order valence-corrected chi connectivity index (χ3v) is 6.39. The van der Waals surface area contributed by atoms with Gasteiger partial charge in [-0.2, -0.15) is 0 Å². The molecule has 2 unspecified atom stereocenters. The summed E-state index contributed by atoms with van der Waals surface area (Å²) < 4.78 is 24.9. The van der Waals surface area contributed by atoms with Gasteiger partial charge in [-0.05, 0) is 31.3 Å². The SMILES string of the molecule is CCNC(CC)C(C)S(=O)(=O)c1cccs1. The van der Waals surface area contributed by atoms with Crippen molar-refractivity contribution >= 4 is 21.2 Å². The molecule has 16 heavy (non-hydrogen) atoms. The molecule has 0 aromatic carbocycles. The summed E-state index contributed by atoms with van der Waals surface area (Å²) in [6, 6.07) is 3.48. The Labute approximate surface area is 102 Å². The van der Waals surface area contributed by atoms with Crippen molar-refractivity contribution in [3.05, 3.63) is 17.5 Å². The minimum atomic E-state index is -3.17. The molecule has 1 aromatic rings. The van der Waals surface area contributed by atoms with Gasteiger partial charge in [-0.3, -0.25) is 0 Å². The van der Waals surface area contributed by atoms with Gasteiger partial charge in [-0.1, -0.05) is 19.9 Å². The van der Waals surface area contributed by atoms with Gasteiger partial charge in [0.1, 0.15) is 4.21 Å². The summed E-state index contributed by atoms with van der Waals surface area (Å²) in [6.07, 6.45) is 0.819. The maximum absolute atomic E-state index is 12.2. The zero-order valence-corrected chi connectivity index (χ0v) is 11.6. The standard InChI is InChI=1S/C11H19NO2S2/c1-4-10(12-5-2)9(3)16(13,14)11-7-6-8-15-11/h6-10,12H,4-5H2,1-3H3. The number of hydrogen-bond donors (Lipinski definition) is 1. The van der Waals surface area contributed by atoms with Gasteiger partial charge in [0.2, 0.25) is 0 Å². The van der Waals surface area contributed by atoms with Crippen LogP contribution in [-0.2, 0) is 9.84 Å². The van der Waals surface area contributed by atoms with Crippen LogP contribution in [0.1, 0.15) is 27.2 Å². The Bertz CT molecular complexity index is 398. The zero-order chi connectivity index (χ0) is 12.2. The topological polar surface area (TPSA) is 46.2 Å². The Hall–Kier alpha value is -0.390. The Morgan fingerprint density at radius 2 is 2.12 bits per heavy atom. The van der Waals surface area contributed by atoms with Crippen LogP contribution in [0.4, 0.5) is 0 Å². The predicted molar refractivity (Wildman–Crippen MR) is 68.7 cm³/mol. The van der Waals surface area contributed by atoms with E-state index in [2.05, 4.69) is 5.32 Å². The molecule has 1 aromatic heterocycles. The van der Waals surface area contributed by atoms with Crippen molar-refractivity contribution in [3.8, 4) is 0 Å². The number of thiophene rings is 1. The number of hydrogen-bond acceptors (Lipinski definition) is 4. The lowest BCUT2D eigenvalue weighted by molar-refractivity contribution is 0.483. The molecule has 92 valence electrons. The molecule has 1 heterocycles. The molecule has 0 bridgehead atoms. The molecule has 0 spiro atoms. The summed E-state index contributed by atoms with van der Waals surface area (Å²) in [4.78, 5) is 0. The van der Waals surface area contributed by atoms with E-state index in [1.807, 2.05) is 13.8 Å². The molecule has 0 amide bonds. The summed E-state index contributed by atoms with van der Waals surface area (Å²) >= 11 is 1.29. The van der Waals surface area contributed by atoms with Crippen molar-refractivity contribution in [2.24, 2.45) is 0 Å². The molecule has 1 rings (SSSR count). The molecule has 0 saturated heterocycles. The highest BCUT2D eigenvalue weighted by atomic mass is 32.2. The third kappa shape index (κ3) is 2.84. The fraction of sp³-hybridized carbons (Fsp3) is 0.636. The average molecular weight is 261 g/mol. The molecule has 1 N–H and O–H groups in total. The van der Waals surface area contributed by atoms with Crippen molar-refractivity contribution in [3.63, 3.8) is 0 Å². The second-order valence-corrected chi connectivity index (χ2v) is 7.23. The molecular weight excluding hydrogens is 242 g/mol. The second kappa shape index (κ2) is 5.80. The number of nitrogens with one attached hydrogen (secondary N) is 1. The minimum absolute atomic E-state index is 0.0251. The molecule has 0 fully saturated rings. The number of rotatable bonds is 6. The third-order valence-electron chi connectivity index (χ3n) is 2.74. The second-order valence-electron chi connectivity index (χ2n) is 3.75. The molecule has 0 saturated carbocycles. The molecular formula is C11H19NO2S2. The van der Waals surface area contributed by atoms with E-state index in [0.29, 0.717) is 4.21 Å². The maximum Gasteiger partial charge on any atom is 0.191 e. The molecule has 2 atom stereocenters. The first-order chi connectivity index (χ1) is 7.54. The zero-order valence-electron chi connectivity index (χ0n) is 9.93. The van der Waals surface area contributed by atoms with Crippen LogP contribution in [0.3, 0.4) is 0 Å². The lowest BCUT2D eigenvalue weighted by atomic mass is 10.2. The van der Waals surface area contributed by atoms with Gasteiger partial charge >= 0.3 is 0 Å². The highest BCUT2D eigenvalue weighted by Gasteiger charge is 2.29. The summed E-state index contributed by atoms with van der Waals surface area (Å²) in [5.74, 6) is 0. The van der Waals surface area contributed by atoms with Crippen LogP contribution in [0.5, 0.6) is 0 Å². The summed E-state index contributed by atoms with van der Waals surface area (Å²) in [6.45, 7) is 6.58. The highest BCUT2D eigenvalue weighted by Crippen LogP contribution is 2.23. The maximum atomic E-state index is 12.2. The van der Waals surface area contributed by atoms with Crippen molar-refractivity contribution in [2.45, 2.75) is 42.7 Å². The van der Waals surface area contributed by atoms with Gasteiger partial charge in [-0.25, -0.2) is 8.42 Å². The molecule has 0 aliphatic rings. The van der Waals surface area contributed by atoms with Gasteiger partial charge in [-0.15, -0.1) is 11.3 Å². The van der Waals surface area contributed by atoms with Crippen LogP contribution in [0, 0.1) is 0 Å². The predicted octanol–water partition coefficient (Wildman–Crippen LogP) is 2.30. The quantitative estimate of drug-likeness (QED) is 0.854. The number of sulfone groups is 1. The Balaban J connectivity index is 2.91. The summed E-state index contributed by atoms with van der Waals surface area (Å²) in [5, 5.41) is 4.65. The fourth-order valence-corrected chi connectivity index (χ4v) is 4.69. The Morgan fingerprint density at radius 1 is 1.44 bits per heavy atom. The van der Waals surface area contributed by atoms with Crippen molar-refractivity contribution < 1.29 is 8.42 Å². The Kier molecular flexibility index (Phi) is 4.95. The molecule has 5 heteroatoms. The normalized spacial score (nSPS) is 15.9. The van der Waals surface area contributed by atoms with Crippen molar-refractivity contribution in [2.75, 3.05) is 6.54 Å². The van der Waals surface area contributed by atoms with Gasteiger partial charge in [0.15, 0.2) is 9.84 Å². The van der Waals surface area contributed by atoms with Gasteiger partial charge in [0.25, 0.3) is 0 Å². The van der Waals surface area contributed by atoms with E-state index in [0.717, 1.165) is 13.0 Å². The van der Waals surface area contributed by atoms with E-state index in [4.69, 9.17) is 0 Å². The largest absolute Gasteiger partial charge is 0.313 e. The van der Waals surface area contributed by atoms with E-state index < -0.39 is 9.84 Å². The van der Waals surface area contributed by atoms with Crippen molar-refractivity contribution in [1.82, 2.24) is 5.32 Å². The van der Waals surface area contributed by atoms with Crippen LogP contribution < -0.4 is 5.32 Å². The van der Waals surface area contributed by atoms with E-state index in [-0.39, 0.29) is 11.3 Å². The fourth-order valence-electron chi connectivity index (χ4n) is 1.73. The van der Waals surface area contributed by atoms with Gasteiger partial charge < -0.3 is 5.32 Å². The van der Waals surface area contributed by atoms with Crippen LogP contribution >= 0.6 is 11.3 Å². The average Bonchev–Trinajstić information content (AvgIpc) is 2.78. The van der Waals surface area contributed by atoms with E-state index in [1.165, 1.54) is 11.3 Å². The molecule has 0 aliphatic carbocycles. The first-order valence-electron chi connectivity index (χ1n) is 5.54. The minimum Gasteiger partial charge on any atom is -0.313 e. The van der Waals surface area contributed by atoms with Gasteiger partial charge in [0.05, 0.1) is 5.25 Å². The molecule has 3 nitrogen and oxygen atoms in total. The molecule has 0 aliphatic heterocycles. The Morgan fingerprint density at radius 3 is 2.56 bits per heavy atom.